The lowest BCUT2D eigenvalue weighted by Gasteiger charge is -2.07. The third-order valence-electron chi connectivity index (χ3n) is 1.99. The van der Waals surface area contributed by atoms with Gasteiger partial charge in [-0.2, -0.15) is 0 Å². The highest BCUT2D eigenvalue weighted by molar-refractivity contribution is 7.79. The van der Waals surface area contributed by atoms with Gasteiger partial charge < -0.3 is 4.74 Å². The number of ether oxygens (including phenoxy) is 1. The lowest BCUT2D eigenvalue weighted by molar-refractivity contribution is 0.481. The van der Waals surface area contributed by atoms with Crippen LogP contribution in [0.3, 0.4) is 0 Å². The first kappa shape index (κ1) is 12.3. The van der Waals surface area contributed by atoms with Crippen molar-refractivity contribution in [3.8, 4) is 11.5 Å². The molecule has 0 bridgehead atoms. The summed E-state index contributed by atoms with van der Waals surface area (Å²) >= 11 is 16.5. The van der Waals surface area contributed by atoms with Gasteiger partial charge in [-0.25, -0.2) is 4.98 Å². The van der Waals surface area contributed by atoms with Gasteiger partial charge in [0.25, 0.3) is 0 Å². The van der Waals surface area contributed by atoms with Crippen LogP contribution in [-0.4, -0.2) is 10.4 Å². The largest absolute Gasteiger partial charge is 0.455 e. The molecule has 0 saturated heterocycles. The number of thiocarbonyl (C=S) groups is 1. The molecule has 1 radical (unpaired) electrons. The standard InChI is InChI=1S/C12H6Cl2NOS/c13-11-10(5-6-15-12(11)14)16-9-3-1-8(7-17)2-4-9/h1-4,6-7H. The zero-order valence-corrected chi connectivity index (χ0v) is 10.8. The van der Waals surface area contributed by atoms with Crippen molar-refractivity contribution in [2.75, 3.05) is 0 Å². The summed E-state index contributed by atoms with van der Waals surface area (Å²) in [5, 5.41) is 2.02. The average molecular weight is 283 g/mol. The molecule has 0 N–H and O–H groups in total. The van der Waals surface area contributed by atoms with E-state index in [1.807, 2.05) is 12.1 Å². The van der Waals surface area contributed by atoms with Gasteiger partial charge in [-0.15, -0.1) is 0 Å². The molecule has 1 heterocycles. The van der Waals surface area contributed by atoms with E-state index in [9.17, 15) is 0 Å². The molecule has 0 aliphatic carbocycles. The van der Waals surface area contributed by atoms with E-state index < -0.39 is 0 Å². The quantitative estimate of drug-likeness (QED) is 0.618. The Hall–Kier alpha value is -1.16. The molecule has 0 aliphatic heterocycles. The molecule has 1 aromatic heterocycles. The lowest BCUT2D eigenvalue weighted by Crippen LogP contribution is -1.88. The van der Waals surface area contributed by atoms with Crippen molar-refractivity contribution in [2.45, 2.75) is 0 Å². The maximum atomic E-state index is 5.93. The Bertz CT molecular complexity index is 543. The Balaban J connectivity index is 2.25. The SMILES string of the molecule is S=Cc1ccc(Oc2[c]cnc(Cl)c2Cl)cc1. The number of rotatable bonds is 3. The highest BCUT2D eigenvalue weighted by Crippen LogP contribution is 2.32. The number of hydrogen-bond acceptors (Lipinski definition) is 3. The molecule has 0 saturated carbocycles. The second-order valence-corrected chi connectivity index (χ2v) is 4.10. The number of hydrogen-bond donors (Lipinski definition) is 0. The fourth-order valence-corrected chi connectivity index (χ4v) is 1.60. The van der Waals surface area contributed by atoms with Gasteiger partial charge in [-0.05, 0) is 17.7 Å². The summed E-state index contributed by atoms with van der Waals surface area (Å²) in [5.74, 6) is 0.979. The summed E-state index contributed by atoms with van der Waals surface area (Å²) in [4.78, 5) is 3.79. The van der Waals surface area contributed by atoms with Crippen LogP contribution in [-0.2, 0) is 0 Å². The topological polar surface area (TPSA) is 22.1 Å². The normalized spacial score (nSPS) is 10.0. The second-order valence-electron chi connectivity index (χ2n) is 3.13. The molecule has 2 aromatic rings. The molecule has 2 nitrogen and oxygen atoms in total. The Morgan fingerprint density at radius 3 is 2.59 bits per heavy atom. The molecule has 0 atom stereocenters. The Labute approximate surface area is 114 Å². The highest BCUT2D eigenvalue weighted by Gasteiger charge is 2.07. The average Bonchev–Trinajstić information content (AvgIpc) is 2.36. The molecule has 5 heteroatoms. The Kier molecular flexibility index (Phi) is 3.94. The van der Waals surface area contributed by atoms with Crippen LogP contribution in [0, 0.1) is 6.07 Å². The fraction of sp³-hybridized carbons (Fsp3) is 0. The predicted octanol–water partition coefficient (Wildman–Crippen LogP) is 4.33. The summed E-state index contributed by atoms with van der Waals surface area (Å²) in [7, 11) is 0. The molecule has 1 aromatic carbocycles. The number of halogens is 2. The molecule has 85 valence electrons. The third-order valence-corrected chi connectivity index (χ3v) is 3.00. The number of aromatic nitrogens is 1. The van der Waals surface area contributed by atoms with Gasteiger partial charge >= 0.3 is 0 Å². The van der Waals surface area contributed by atoms with Crippen molar-refractivity contribution < 1.29 is 4.74 Å². The van der Waals surface area contributed by atoms with Crippen LogP contribution in [0.2, 0.25) is 10.2 Å². The van der Waals surface area contributed by atoms with Crippen molar-refractivity contribution in [1.29, 1.82) is 0 Å². The van der Waals surface area contributed by atoms with Crippen LogP contribution in [0.1, 0.15) is 5.56 Å². The van der Waals surface area contributed by atoms with Gasteiger partial charge in [0, 0.05) is 17.6 Å². The van der Waals surface area contributed by atoms with E-state index in [1.165, 1.54) is 6.20 Å². The molecule has 0 fully saturated rings. The van der Waals surface area contributed by atoms with Gasteiger partial charge in [-0.3, -0.25) is 0 Å². The van der Waals surface area contributed by atoms with E-state index in [-0.39, 0.29) is 10.2 Å². The number of pyridine rings is 1. The van der Waals surface area contributed by atoms with E-state index in [1.54, 1.807) is 17.5 Å². The smallest absolute Gasteiger partial charge is 0.158 e. The summed E-state index contributed by atoms with van der Waals surface area (Å²) in [6, 6.07) is 10.0. The Morgan fingerprint density at radius 1 is 1.24 bits per heavy atom. The molecule has 17 heavy (non-hydrogen) atoms. The van der Waals surface area contributed by atoms with Crippen molar-refractivity contribution in [2.24, 2.45) is 0 Å². The third kappa shape index (κ3) is 2.94. The van der Waals surface area contributed by atoms with Crippen molar-refractivity contribution in [1.82, 2.24) is 4.98 Å². The molecular weight excluding hydrogens is 277 g/mol. The van der Waals surface area contributed by atoms with Crippen LogP contribution in [0.25, 0.3) is 0 Å². The van der Waals surface area contributed by atoms with E-state index >= 15 is 0 Å². The first-order valence-corrected chi connectivity index (χ1v) is 5.88. The summed E-state index contributed by atoms with van der Waals surface area (Å²) in [5.41, 5.74) is 0.940. The van der Waals surface area contributed by atoms with Crippen LogP contribution in [0.5, 0.6) is 11.5 Å². The van der Waals surface area contributed by atoms with Crippen LogP contribution < -0.4 is 4.74 Å². The van der Waals surface area contributed by atoms with Crippen molar-refractivity contribution >= 4 is 40.8 Å². The van der Waals surface area contributed by atoms with Crippen LogP contribution in [0.15, 0.2) is 30.5 Å². The lowest BCUT2D eigenvalue weighted by atomic mass is 10.2. The number of benzene rings is 1. The maximum absolute atomic E-state index is 5.93. The fourth-order valence-electron chi connectivity index (χ4n) is 1.17. The van der Waals surface area contributed by atoms with Gasteiger partial charge in [0.15, 0.2) is 10.9 Å². The minimum Gasteiger partial charge on any atom is -0.455 e. The summed E-state index contributed by atoms with van der Waals surface area (Å²) in [6.45, 7) is 0. The van der Waals surface area contributed by atoms with E-state index in [0.29, 0.717) is 11.5 Å². The summed E-state index contributed by atoms with van der Waals surface area (Å²) < 4.78 is 5.53. The first-order chi connectivity index (χ1) is 8.20. The predicted molar refractivity (Wildman–Crippen MR) is 72.4 cm³/mol. The van der Waals surface area contributed by atoms with E-state index in [2.05, 4.69) is 11.1 Å². The zero-order chi connectivity index (χ0) is 12.3. The number of nitrogens with zero attached hydrogens (tertiary/aromatic N) is 1. The van der Waals surface area contributed by atoms with Gasteiger partial charge in [0.2, 0.25) is 0 Å². The Morgan fingerprint density at radius 2 is 1.94 bits per heavy atom. The van der Waals surface area contributed by atoms with Crippen LogP contribution in [0.4, 0.5) is 0 Å². The van der Waals surface area contributed by atoms with E-state index in [0.717, 1.165) is 5.56 Å². The zero-order valence-electron chi connectivity index (χ0n) is 8.48. The molecule has 2 rings (SSSR count). The minimum atomic E-state index is 0.191. The maximum Gasteiger partial charge on any atom is 0.158 e. The van der Waals surface area contributed by atoms with Gasteiger partial charge in [0.1, 0.15) is 10.8 Å². The van der Waals surface area contributed by atoms with Crippen molar-refractivity contribution in [3.05, 3.63) is 52.3 Å². The minimum absolute atomic E-state index is 0.191. The van der Waals surface area contributed by atoms with Gasteiger partial charge in [-0.1, -0.05) is 47.6 Å². The van der Waals surface area contributed by atoms with Crippen LogP contribution >= 0.6 is 35.4 Å². The van der Waals surface area contributed by atoms with Gasteiger partial charge in [0.05, 0.1) is 0 Å². The highest BCUT2D eigenvalue weighted by atomic mass is 35.5. The molecule has 0 aliphatic rings. The summed E-state index contributed by atoms with van der Waals surface area (Å²) in [6.07, 6.45) is 1.41. The first-order valence-electron chi connectivity index (χ1n) is 4.65. The molecular formula is C12H6Cl2NOS. The molecule has 0 unspecified atom stereocenters. The van der Waals surface area contributed by atoms with Crippen molar-refractivity contribution in [3.63, 3.8) is 0 Å². The second kappa shape index (κ2) is 5.45. The van der Waals surface area contributed by atoms with E-state index in [4.69, 9.17) is 40.2 Å². The monoisotopic (exact) mass is 282 g/mol. The molecule has 0 spiro atoms. The molecule has 0 amide bonds.